The molecule has 1 aliphatic heterocycles. The minimum Gasteiger partial charge on any atom is -0.344 e. The van der Waals surface area contributed by atoms with Crippen molar-refractivity contribution in [3.8, 4) is 0 Å². The molecule has 1 amide bonds. The van der Waals surface area contributed by atoms with Crippen molar-refractivity contribution in [2.45, 2.75) is 10.9 Å². The Morgan fingerprint density at radius 3 is 2.38 bits per heavy atom. The Bertz CT molecular complexity index is 773. The molecule has 21 heavy (non-hydrogen) atoms. The van der Waals surface area contributed by atoms with Crippen molar-refractivity contribution in [3.63, 3.8) is 0 Å². The fourth-order valence-corrected chi connectivity index (χ4v) is 3.58. The van der Waals surface area contributed by atoms with Crippen LogP contribution < -0.4 is 10.0 Å². The van der Waals surface area contributed by atoms with Gasteiger partial charge in [-0.15, -0.1) is 0 Å². The van der Waals surface area contributed by atoms with Gasteiger partial charge in [0.2, 0.25) is 10.0 Å². The van der Waals surface area contributed by atoms with Gasteiger partial charge in [0.15, 0.2) is 0 Å². The maximum Gasteiger partial charge on any atom is 0.253 e. The number of hydrogen-bond donors (Lipinski definition) is 2. The lowest BCUT2D eigenvalue weighted by molar-refractivity contribution is 0.0932. The number of amides is 1. The van der Waals surface area contributed by atoms with E-state index in [4.69, 9.17) is 0 Å². The summed E-state index contributed by atoms with van der Waals surface area (Å²) < 4.78 is 27.1. The van der Waals surface area contributed by atoms with Gasteiger partial charge in [0.1, 0.15) is 0 Å². The summed E-state index contributed by atoms with van der Waals surface area (Å²) in [4.78, 5) is 12.3. The smallest absolute Gasteiger partial charge is 0.253 e. The molecule has 0 spiro atoms. The predicted molar refractivity (Wildman–Crippen MR) is 78.3 cm³/mol. The molecule has 2 aromatic rings. The molecular weight excluding hydrogens is 288 g/mol. The van der Waals surface area contributed by atoms with Crippen molar-refractivity contribution in [1.29, 1.82) is 0 Å². The van der Waals surface area contributed by atoms with E-state index in [0.717, 1.165) is 5.56 Å². The van der Waals surface area contributed by atoms with Gasteiger partial charge in [-0.1, -0.05) is 42.5 Å². The maximum absolute atomic E-state index is 12.3. The van der Waals surface area contributed by atoms with Crippen molar-refractivity contribution >= 4 is 15.9 Å². The summed E-state index contributed by atoms with van der Waals surface area (Å²) in [6, 6.07) is 15.1. The van der Waals surface area contributed by atoms with Crippen LogP contribution in [0.25, 0.3) is 0 Å². The predicted octanol–water partition coefficient (Wildman–Crippen LogP) is 1.45. The van der Waals surface area contributed by atoms with Gasteiger partial charge in [-0.3, -0.25) is 4.79 Å². The number of carbonyl (C=O) groups excluding carboxylic acids is 1. The number of nitrogens with one attached hydrogen (secondary N) is 2. The molecule has 1 heterocycles. The summed E-state index contributed by atoms with van der Waals surface area (Å²) >= 11 is 0. The molecule has 0 saturated heterocycles. The SMILES string of the molecule is O=C1NC(c2ccccc2)CNS(=O)(=O)c2ccccc21. The van der Waals surface area contributed by atoms with Gasteiger partial charge in [-0.25, -0.2) is 13.1 Å². The Balaban J connectivity index is 2.04. The molecule has 0 aromatic heterocycles. The highest BCUT2D eigenvalue weighted by Gasteiger charge is 2.28. The molecule has 0 saturated carbocycles. The highest BCUT2D eigenvalue weighted by atomic mass is 32.2. The second-order valence-electron chi connectivity index (χ2n) is 4.78. The second-order valence-corrected chi connectivity index (χ2v) is 6.52. The zero-order chi connectivity index (χ0) is 14.9. The fraction of sp³-hybridized carbons (Fsp3) is 0.133. The molecule has 1 unspecified atom stereocenters. The van der Waals surface area contributed by atoms with Crippen molar-refractivity contribution in [1.82, 2.24) is 10.0 Å². The zero-order valence-corrected chi connectivity index (χ0v) is 11.9. The van der Waals surface area contributed by atoms with Gasteiger partial charge in [0.25, 0.3) is 5.91 Å². The quantitative estimate of drug-likeness (QED) is 0.837. The van der Waals surface area contributed by atoms with E-state index in [2.05, 4.69) is 10.0 Å². The van der Waals surface area contributed by atoms with E-state index >= 15 is 0 Å². The maximum atomic E-state index is 12.3. The summed E-state index contributed by atoms with van der Waals surface area (Å²) in [6.45, 7) is 0.117. The van der Waals surface area contributed by atoms with Crippen LogP contribution in [0.1, 0.15) is 22.0 Å². The Kier molecular flexibility index (Phi) is 3.48. The van der Waals surface area contributed by atoms with Gasteiger partial charge in [0, 0.05) is 6.54 Å². The highest BCUT2D eigenvalue weighted by Crippen LogP contribution is 2.21. The van der Waals surface area contributed by atoms with E-state index in [1.807, 2.05) is 30.3 Å². The van der Waals surface area contributed by atoms with Crippen molar-refractivity contribution in [2.75, 3.05) is 6.54 Å². The first-order valence-corrected chi connectivity index (χ1v) is 8.01. The molecule has 6 heteroatoms. The first kappa shape index (κ1) is 13.8. The summed E-state index contributed by atoms with van der Waals surface area (Å²) in [5.41, 5.74) is 1.01. The number of hydrogen-bond acceptors (Lipinski definition) is 3. The summed E-state index contributed by atoms with van der Waals surface area (Å²) in [5.74, 6) is -0.385. The molecule has 0 bridgehead atoms. The Morgan fingerprint density at radius 1 is 0.952 bits per heavy atom. The standard InChI is InChI=1S/C15H14N2O3S/c18-15-12-8-4-5-9-14(12)21(19,20)16-10-13(17-15)11-6-2-1-3-7-11/h1-9,13,16H,10H2,(H,17,18). The van der Waals surface area contributed by atoms with Crippen molar-refractivity contribution in [2.24, 2.45) is 0 Å². The van der Waals surface area contributed by atoms with Crippen molar-refractivity contribution in [3.05, 3.63) is 65.7 Å². The number of rotatable bonds is 1. The molecule has 0 aliphatic carbocycles. The van der Waals surface area contributed by atoms with E-state index in [1.54, 1.807) is 12.1 Å². The zero-order valence-electron chi connectivity index (χ0n) is 11.1. The fourth-order valence-electron chi connectivity index (χ4n) is 2.33. The molecule has 108 valence electrons. The Labute approximate surface area is 123 Å². The van der Waals surface area contributed by atoms with Crippen LogP contribution in [0.5, 0.6) is 0 Å². The van der Waals surface area contributed by atoms with Crippen LogP contribution in [0.4, 0.5) is 0 Å². The third-order valence-electron chi connectivity index (χ3n) is 3.41. The average molecular weight is 302 g/mol. The van der Waals surface area contributed by atoms with Crippen LogP contribution in [0, 0.1) is 0 Å². The van der Waals surface area contributed by atoms with Crippen LogP contribution in [-0.4, -0.2) is 20.9 Å². The van der Waals surface area contributed by atoms with Gasteiger partial charge in [-0.2, -0.15) is 0 Å². The van der Waals surface area contributed by atoms with Crippen LogP contribution in [0.2, 0.25) is 0 Å². The van der Waals surface area contributed by atoms with Crippen LogP contribution >= 0.6 is 0 Å². The van der Waals surface area contributed by atoms with Gasteiger partial charge >= 0.3 is 0 Å². The third kappa shape index (κ3) is 2.68. The van der Waals surface area contributed by atoms with E-state index in [1.165, 1.54) is 12.1 Å². The first-order valence-electron chi connectivity index (χ1n) is 6.52. The second kappa shape index (κ2) is 5.31. The number of benzene rings is 2. The normalized spacial score (nSPS) is 20.8. The lowest BCUT2D eigenvalue weighted by Gasteiger charge is -2.23. The molecule has 2 aromatic carbocycles. The van der Waals surface area contributed by atoms with Crippen molar-refractivity contribution < 1.29 is 13.2 Å². The molecule has 0 fully saturated rings. The Hall–Kier alpha value is -2.18. The molecule has 5 nitrogen and oxygen atoms in total. The summed E-state index contributed by atoms with van der Waals surface area (Å²) in [5, 5.41) is 2.86. The number of sulfonamides is 1. The van der Waals surface area contributed by atoms with Crippen LogP contribution in [0.3, 0.4) is 0 Å². The number of fused-ring (bicyclic) bond motifs is 1. The summed E-state index contributed by atoms with van der Waals surface area (Å²) in [6.07, 6.45) is 0. The minimum atomic E-state index is -3.69. The van der Waals surface area contributed by atoms with E-state index in [9.17, 15) is 13.2 Å². The molecule has 1 aliphatic rings. The number of carbonyl (C=O) groups is 1. The van der Waals surface area contributed by atoms with Crippen LogP contribution in [0.15, 0.2) is 59.5 Å². The van der Waals surface area contributed by atoms with Gasteiger partial charge < -0.3 is 5.32 Å². The molecule has 0 radical (unpaired) electrons. The molecule has 1 atom stereocenters. The van der Waals surface area contributed by atoms with E-state index in [0.29, 0.717) is 0 Å². The van der Waals surface area contributed by atoms with E-state index < -0.39 is 16.1 Å². The van der Waals surface area contributed by atoms with Crippen LogP contribution in [-0.2, 0) is 10.0 Å². The topological polar surface area (TPSA) is 75.3 Å². The third-order valence-corrected chi connectivity index (χ3v) is 4.89. The average Bonchev–Trinajstić information content (AvgIpc) is 2.51. The largest absolute Gasteiger partial charge is 0.344 e. The monoisotopic (exact) mass is 302 g/mol. The summed E-state index contributed by atoms with van der Waals surface area (Å²) in [7, 11) is -3.69. The molecular formula is C15H14N2O3S. The lowest BCUT2D eigenvalue weighted by atomic mass is 10.1. The van der Waals surface area contributed by atoms with E-state index in [-0.39, 0.29) is 22.9 Å². The minimum absolute atomic E-state index is 0.00834. The molecule has 3 rings (SSSR count). The highest BCUT2D eigenvalue weighted by molar-refractivity contribution is 7.89. The molecule has 2 N–H and O–H groups in total. The first-order chi connectivity index (χ1) is 10.1. The Morgan fingerprint density at radius 2 is 1.62 bits per heavy atom. The lowest BCUT2D eigenvalue weighted by Crippen LogP contribution is -2.41. The van der Waals surface area contributed by atoms with Gasteiger partial charge in [-0.05, 0) is 17.7 Å². The van der Waals surface area contributed by atoms with Gasteiger partial charge in [0.05, 0.1) is 16.5 Å².